The predicted octanol–water partition coefficient (Wildman–Crippen LogP) is 8.84. The van der Waals surface area contributed by atoms with E-state index in [2.05, 4.69) is 62.6 Å². The van der Waals surface area contributed by atoms with Crippen molar-refractivity contribution in [2.24, 2.45) is 0 Å². The van der Waals surface area contributed by atoms with Gasteiger partial charge in [0.15, 0.2) is 5.75 Å². The number of benzene rings is 4. The fourth-order valence-corrected chi connectivity index (χ4v) is 6.84. The van der Waals surface area contributed by atoms with Gasteiger partial charge in [0.2, 0.25) is 0 Å². The molecule has 1 saturated heterocycles. The van der Waals surface area contributed by atoms with Crippen LogP contribution in [0.25, 0.3) is 10.8 Å². The van der Waals surface area contributed by atoms with Gasteiger partial charge in [-0.2, -0.15) is 0 Å². The zero-order valence-electron chi connectivity index (χ0n) is 33.0. The molecule has 2 heterocycles. The summed E-state index contributed by atoms with van der Waals surface area (Å²) in [5.74, 6) is 4.60. The first-order valence-corrected chi connectivity index (χ1v) is 20.0. The normalized spacial score (nSPS) is 13.0. The largest absolute Gasteiger partial charge is 0.492 e. The second-order valence-electron chi connectivity index (χ2n) is 14.5. The van der Waals surface area contributed by atoms with E-state index in [1.165, 1.54) is 11.9 Å². The van der Waals surface area contributed by atoms with Crippen molar-refractivity contribution in [3.63, 3.8) is 0 Å². The summed E-state index contributed by atoms with van der Waals surface area (Å²) in [5.41, 5.74) is 4.43. The summed E-state index contributed by atoms with van der Waals surface area (Å²) >= 11 is 1.45. The number of hydrogen-bond acceptors (Lipinski definition) is 10. The quantitative estimate of drug-likeness (QED) is 0.0422. The molecule has 4 aromatic carbocycles. The van der Waals surface area contributed by atoms with E-state index in [1.54, 1.807) is 43.6 Å². The second kappa shape index (κ2) is 18.8. The number of rotatable bonds is 14. The molecule has 1 fully saturated rings. The molecule has 0 aliphatic carbocycles. The number of nitrogens with zero attached hydrogens (tertiary/aromatic N) is 2. The van der Waals surface area contributed by atoms with E-state index >= 15 is 0 Å². The number of ether oxygens (including phenoxy) is 3. The molecule has 12 nitrogen and oxygen atoms in total. The van der Waals surface area contributed by atoms with E-state index in [9.17, 15) is 9.59 Å². The lowest BCUT2D eigenvalue weighted by atomic mass is 9.86. The SMILES string of the molecule is C#Cc1cc(Nc2cc(Oc3ccc(NC(=O)Nc4cc(C(C)(C)C)cc(NSC)c4OC)c4ccccc34)ccn2)cc(C(=O)NCCCN2CCOCC2)c1. The van der Waals surface area contributed by atoms with E-state index in [1.807, 2.05) is 54.8 Å². The Morgan fingerprint density at radius 1 is 0.947 bits per heavy atom. The summed E-state index contributed by atoms with van der Waals surface area (Å²) in [4.78, 5) is 33.4. The van der Waals surface area contributed by atoms with Crippen LogP contribution in [0, 0.1) is 12.3 Å². The third-order valence-electron chi connectivity index (χ3n) is 9.39. The number of amides is 3. The van der Waals surface area contributed by atoms with Crippen molar-refractivity contribution < 1.29 is 23.8 Å². The minimum absolute atomic E-state index is 0.163. The summed E-state index contributed by atoms with van der Waals surface area (Å²) in [7, 11) is 1.58. The molecule has 5 N–H and O–H groups in total. The zero-order chi connectivity index (χ0) is 40.4. The Bertz CT molecular complexity index is 2260. The van der Waals surface area contributed by atoms with Crippen LogP contribution in [0.1, 0.15) is 48.7 Å². The van der Waals surface area contributed by atoms with Crippen LogP contribution >= 0.6 is 11.9 Å². The summed E-state index contributed by atoms with van der Waals surface area (Å²) in [6.07, 6.45) is 10.2. The first kappa shape index (κ1) is 40.7. The molecule has 0 saturated carbocycles. The number of urea groups is 1. The molecule has 1 aliphatic heterocycles. The second-order valence-corrected chi connectivity index (χ2v) is 15.1. The summed E-state index contributed by atoms with van der Waals surface area (Å²) < 4.78 is 20.8. The monoisotopic (exact) mass is 787 g/mol. The molecule has 1 aliphatic rings. The van der Waals surface area contributed by atoms with Crippen LogP contribution in [-0.4, -0.2) is 74.6 Å². The van der Waals surface area contributed by atoms with Crippen molar-refractivity contribution in [1.29, 1.82) is 0 Å². The molecule has 13 heteroatoms. The van der Waals surface area contributed by atoms with Crippen LogP contribution in [0.5, 0.6) is 17.2 Å². The van der Waals surface area contributed by atoms with Gasteiger partial charge >= 0.3 is 6.03 Å². The minimum Gasteiger partial charge on any atom is -0.492 e. The van der Waals surface area contributed by atoms with Crippen LogP contribution in [0.3, 0.4) is 0 Å². The lowest BCUT2D eigenvalue weighted by Gasteiger charge is -2.26. The van der Waals surface area contributed by atoms with Crippen molar-refractivity contribution in [3.05, 3.63) is 102 Å². The topological polar surface area (TPSA) is 138 Å². The van der Waals surface area contributed by atoms with Gasteiger partial charge in [0.25, 0.3) is 5.91 Å². The fourth-order valence-electron chi connectivity index (χ4n) is 6.47. The highest BCUT2D eigenvalue weighted by atomic mass is 32.2. The number of aromatic nitrogens is 1. The van der Waals surface area contributed by atoms with Gasteiger partial charge < -0.3 is 40.2 Å². The van der Waals surface area contributed by atoms with Crippen molar-refractivity contribution >= 4 is 63.2 Å². The first-order chi connectivity index (χ1) is 27.5. The van der Waals surface area contributed by atoms with Gasteiger partial charge in [0.05, 0.1) is 37.4 Å². The lowest BCUT2D eigenvalue weighted by Crippen LogP contribution is -2.38. The molecule has 0 unspecified atom stereocenters. The molecular weight excluding hydrogens is 739 g/mol. The number of fused-ring (bicyclic) bond motifs is 1. The number of carbonyl (C=O) groups excluding carboxylic acids is 2. The molecule has 296 valence electrons. The van der Waals surface area contributed by atoms with E-state index in [0.717, 1.165) is 61.3 Å². The third-order valence-corrected chi connectivity index (χ3v) is 9.81. The van der Waals surface area contributed by atoms with Crippen LogP contribution in [0.4, 0.5) is 33.4 Å². The average molecular weight is 788 g/mol. The number of anilines is 5. The summed E-state index contributed by atoms with van der Waals surface area (Å²) in [6.45, 7) is 11.1. The Kier molecular flexibility index (Phi) is 13.4. The molecule has 1 aromatic heterocycles. The Hall–Kier alpha value is -5.94. The highest BCUT2D eigenvalue weighted by molar-refractivity contribution is 7.99. The van der Waals surface area contributed by atoms with E-state index < -0.39 is 6.03 Å². The predicted molar refractivity (Wildman–Crippen MR) is 232 cm³/mol. The molecule has 0 radical (unpaired) electrons. The van der Waals surface area contributed by atoms with Crippen molar-refractivity contribution in [2.45, 2.75) is 32.6 Å². The zero-order valence-corrected chi connectivity index (χ0v) is 33.8. The minimum atomic E-state index is -0.420. The Labute approximate surface area is 338 Å². The molecule has 3 amide bonds. The van der Waals surface area contributed by atoms with Gasteiger partial charge in [-0.3, -0.25) is 9.69 Å². The molecule has 0 spiro atoms. The number of hydrogen-bond donors (Lipinski definition) is 5. The first-order valence-electron chi connectivity index (χ1n) is 18.8. The Morgan fingerprint density at radius 2 is 1.70 bits per heavy atom. The van der Waals surface area contributed by atoms with Gasteiger partial charge in [-0.15, -0.1) is 6.42 Å². The van der Waals surface area contributed by atoms with Gasteiger partial charge in [-0.1, -0.05) is 62.9 Å². The van der Waals surface area contributed by atoms with E-state index in [0.29, 0.717) is 57.8 Å². The van der Waals surface area contributed by atoms with Crippen molar-refractivity contribution in [2.75, 3.05) is 73.4 Å². The highest BCUT2D eigenvalue weighted by Crippen LogP contribution is 2.40. The number of methoxy groups -OCH3 is 1. The number of terminal acetylenes is 1. The van der Waals surface area contributed by atoms with Crippen LogP contribution < -0.4 is 35.5 Å². The summed E-state index contributed by atoms with van der Waals surface area (Å²) in [5, 5.41) is 13.9. The maximum absolute atomic E-state index is 13.5. The maximum atomic E-state index is 13.5. The standard InChI is InChI=1S/C44H49N7O5S/c1-7-29-23-30(42(52)46-16-10-18-51-19-21-55-22-20-51)25-32(24-29)47-40-28-33(15-17-45-40)56-39-14-13-36(34-11-8-9-12-35(34)39)48-43(53)49-37-26-31(44(2,3)4)27-38(50-57-6)41(37)54-5/h1,8-9,11-15,17,23-28,50H,10,16,18-22H2,2-6H3,(H,45,47)(H,46,52)(H2,48,49,53). The van der Waals surface area contributed by atoms with E-state index in [4.69, 9.17) is 20.6 Å². The number of morpholine rings is 1. The summed E-state index contributed by atoms with van der Waals surface area (Å²) in [6, 6.07) is 23.6. The highest BCUT2D eigenvalue weighted by Gasteiger charge is 2.21. The van der Waals surface area contributed by atoms with Gasteiger partial charge in [-0.05, 0) is 72.5 Å². The molecule has 57 heavy (non-hydrogen) atoms. The van der Waals surface area contributed by atoms with Gasteiger partial charge in [0.1, 0.15) is 17.3 Å². The van der Waals surface area contributed by atoms with Crippen molar-refractivity contribution in [3.8, 4) is 29.6 Å². The van der Waals surface area contributed by atoms with Crippen LogP contribution in [0.15, 0.2) is 85.1 Å². The Balaban J connectivity index is 1.14. The number of pyridine rings is 1. The molecule has 0 bridgehead atoms. The van der Waals surface area contributed by atoms with Crippen LogP contribution in [0.2, 0.25) is 0 Å². The van der Waals surface area contributed by atoms with Gasteiger partial charge in [-0.25, -0.2) is 9.78 Å². The van der Waals surface area contributed by atoms with Gasteiger partial charge in [0, 0.05) is 65.7 Å². The molecular formula is C44H49N7O5S. The van der Waals surface area contributed by atoms with Crippen molar-refractivity contribution in [1.82, 2.24) is 15.2 Å². The molecule has 0 atom stereocenters. The Morgan fingerprint density at radius 3 is 2.44 bits per heavy atom. The lowest BCUT2D eigenvalue weighted by molar-refractivity contribution is 0.0374. The number of nitrogens with one attached hydrogen (secondary N) is 5. The molecule has 6 rings (SSSR count). The average Bonchev–Trinajstić information content (AvgIpc) is 3.20. The fraction of sp³-hybridized carbons (Fsp3) is 0.295. The molecule has 5 aromatic rings. The third kappa shape index (κ3) is 10.7. The van der Waals surface area contributed by atoms with Crippen LogP contribution in [-0.2, 0) is 10.2 Å². The van der Waals surface area contributed by atoms with E-state index in [-0.39, 0.29) is 11.3 Å². The number of carbonyl (C=O) groups is 2. The smallest absolute Gasteiger partial charge is 0.323 e. The maximum Gasteiger partial charge on any atom is 0.323 e.